The van der Waals surface area contributed by atoms with Gasteiger partial charge in [-0.25, -0.2) is 0 Å². The van der Waals surface area contributed by atoms with Gasteiger partial charge in [-0.2, -0.15) is 0 Å². The molecule has 1 atom stereocenters. The summed E-state index contributed by atoms with van der Waals surface area (Å²) in [4.78, 5) is 11.2. The van der Waals surface area contributed by atoms with E-state index in [1.54, 1.807) is 7.11 Å². The highest BCUT2D eigenvalue weighted by atomic mass is 32.2. The molecule has 1 aliphatic rings. The van der Waals surface area contributed by atoms with E-state index in [1.165, 1.54) is 7.11 Å². The smallest absolute Gasteiger partial charge is 0.306 e. The van der Waals surface area contributed by atoms with Crippen molar-refractivity contribution < 1.29 is 18.5 Å². The Hall–Kier alpha value is -0.420. The van der Waals surface area contributed by atoms with E-state index < -0.39 is 10.8 Å². The number of hydrogen-bond donors (Lipinski definition) is 0. The minimum absolute atomic E-state index is 0.0228. The second-order valence-electron chi connectivity index (χ2n) is 4.39. The molecular formula is C11H20O4S. The number of rotatable bonds is 8. The van der Waals surface area contributed by atoms with Crippen LogP contribution < -0.4 is 0 Å². The standard InChI is InChI=1S/C11H20O4S/c1-14-6-3-7-16(13)9-11(4-5-11)8-10(12)15-2/h3-9H2,1-2H3. The Morgan fingerprint density at radius 1 is 1.38 bits per heavy atom. The summed E-state index contributed by atoms with van der Waals surface area (Å²) in [7, 11) is 2.20. The van der Waals surface area contributed by atoms with Gasteiger partial charge in [0.25, 0.3) is 0 Å². The van der Waals surface area contributed by atoms with Crippen molar-refractivity contribution in [3.8, 4) is 0 Å². The van der Waals surface area contributed by atoms with Crippen LogP contribution in [0.2, 0.25) is 0 Å². The van der Waals surface area contributed by atoms with E-state index in [-0.39, 0.29) is 11.4 Å². The minimum atomic E-state index is -0.835. The van der Waals surface area contributed by atoms with Crippen LogP contribution in [0.4, 0.5) is 0 Å². The fourth-order valence-corrected chi connectivity index (χ4v) is 3.36. The van der Waals surface area contributed by atoms with Crippen molar-refractivity contribution in [2.75, 3.05) is 32.3 Å². The molecule has 0 aromatic heterocycles. The fourth-order valence-electron chi connectivity index (χ4n) is 1.71. The van der Waals surface area contributed by atoms with Crippen molar-refractivity contribution in [2.45, 2.75) is 25.7 Å². The molecule has 1 fully saturated rings. The van der Waals surface area contributed by atoms with Gasteiger partial charge in [0.15, 0.2) is 0 Å². The molecule has 0 N–H and O–H groups in total. The minimum Gasteiger partial charge on any atom is -0.469 e. The summed E-state index contributed by atoms with van der Waals surface area (Å²) in [5.74, 6) is 1.11. The van der Waals surface area contributed by atoms with Gasteiger partial charge in [-0.05, 0) is 24.7 Å². The Labute approximate surface area is 99.1 Å². The molecule has 0 aliphatic heterocycles. The molecule has 1 rings (SSSR count). The van der Waals surface area contributed by atoms with Crippen LogP contribution in [0.1, 0.15) is 25.7 Å². The third-order valence-corrected chi connectivity index (χ3v) is 4.57. The van der Waals surface area contributed by atoms with Crippen LogP contribution in [0.15, 0.2) is 0 Å². The quantitative estimate of drug-likeness (QED) is 0.477. The van der Waals surface area contributed by atoms with Crippen molar-refractivity contribution >= 4 is 16.8 Å². The highest BCUT2D eigenvalue weighted by molar-refractivity contribution is 7.85. The summed E-state index contributed by atoms with van der Waals surface area (Å²) in [5.41, 5.74) is -0.0228. The molecule has 1 saturated carbocycles. The molecule has 0 amide bonds. The summed E-state index contributed by atoms with van der Waals surface area (Å²) in [6, 6.07) is 0. The molecule has 4 nitrogen and oxygen atoms in total. The van der Waals surface area contributed by atoms with E-state index in [4.69, 9.17) is 4.74 Å². The molecule has 1 aliphatic carbocycles. The highest BCUT2D eigenvalue weighted by Crippen LogP contribution is 2.49. The molecule has 1 unspecified atom stereocenters. The van der Waals surface area contributed by atoms with Crippen LogP contribution in [0.3, 0.4) is 0 Å². The Balaban J connectivity index is 2.25. The van der Waals surface area contributed by atoms with Gasteiger partial charge in [0.2, 0.25) is 0 Å². The number of ether oxygens (including phenoxy) is 2. The number of hydrogen-bond acceptors (Lipinski definition) is 4. The van der Waals surface area contributed by atoms with Gasteiger partial charge in [-0.3, -0.25) is 9.00 Å². The maximum Gasteiger partial charge on any atom is 0.306 e. The largest absolute Gasteiger partial charge is 0.469 e. The maximum absolute atomic E-state index is 11.7. The molecule has 0 aromatic rings. The monoisotopic (exact) mass is 248 g/mol. The van der Waals surface area contributed by atoms with Gasteiger partial charge in [-0.1, -0.05) is 0 Å². The highest BCUT2D eigenvalue weighted by Gasteiger charge is 2.45. The van der Waals surface area contributed by atoms with Crippen molar-refractivity contribution in [1.29, 1.82) is 0 Å². The van der Waals surface area contributed by atoms with Gasteiger partial charge in [0, 0.05) is 36.0 Å². The first kappa shape index (κ1) is 13.6. The first-order chi connectivity index (χ1) is 7.62. The number of esters is 1. The van der Waals surface area contributed by atoms with Crippen LogP contribution in [0.25, 0.3) is 0 Å². The zero-order chi connectivity index (χ0) is 12.0. The average Bonchev–Trinajstić information content (AvgIpc) is 2.98. The molecular weight excluding hydrogens is 228 g/mol. The predicted molar refractivity (Wildman–Crippen MR) is 62.7 cm³/mol. The fraction of sp³-hybridized carbons (Fsp3) is 0.909. The van der Waals surface area contributed by atoms with E-state index in [2.05, 4.69) is 4.74 Å². The van der Waals surface area contributed by atoms with E-state index in [0.717, 1.165) is 19.3 Å². The van der Waals surface area contributed by atoms with Crippen molar-refractivity contribution in [1.82, 2.24) is 0 Å². The SMILES string of the molecule is COCCCS(=O)CC1(CC(=O)OC)CC1. The molecule has 5 heteroatoms. The maximum atomic E-state index is 11.7. The lowest BCUT2D eigenvalue weighted by atomic mass is 10.1. The molecule has 0 heterocycles. The lowest BCUT2D eigenvalue weighted by Crippen LogP contribution is -2.19. The normalized spacial score (nSPS) is 19.1. The van der Waals surface area contributed by atoms with Crippen LogP contribution in [0, 0.1) is 5.41 Å². The molecule has 94 valence electrons. The van der Waals surface area contributed by atoms with Gasteiger partial charge < -0.3 is 9.47 Å². The zero-order valence-corrected chi connectivity index (χ0v) is 10.8. The number of carbonyl (C=O) groups excluding carboxylic acids is 1. The molecule has 0 radical (unpaired) electrons. The summed E-state index contributed by atoms with van der Waals surface area (Å²) in [5, 5.41) is 0. The number of methoxy groups -OCH3 is 2. The summed E-state index contributed by atoms with van der Waals surface area (Å²) in [6.45, 7) is 0.649. The van der Waals surface area contributed by atoms with Gasteiger partial charge >= 0.3 is 5.97 Å². The van der Waals surface area contributed by atoms with E-state index in [0.29, 0.717) is 24.5 Å². The van der Waals surface area contributed by atoms with Crippen LogP contribution >= 0.6 is 0 Å². The van der Waals surface area contributed by atoms with Gasteiger partial charge in [-0.15, -0.1) is 0 Å². The molecule has 0 bridgehead atoms. The van der Waals surface area contributed by atoms with Crippen LogP contribution in [-0.2, 0) is 25.1 Å². The molecule has 0 spiro atoms. The molecule has 16 heavy (non-hydrogen) atoms. The molecule has 0 saturated heterocycles. The Morgan fingerprint density at radius 3 is 2.56 bits per heavy atom. The lowest BCUT2D eigenvalue weighted by molar-refractivity contribution is -0.141. The lowest BCUT2D eigenvalue weighted by Gasteiger charge is -2.12. The van der Waals surface area contributed by atoms with E-state index >= 15 is 0 Å². The van der Waals surface area contributed by atoms with E-state index in [1.807, 2.05) is 0 Å². The zero-order valence-electron chi connectivity index (χ0n) is 9.99. The Bertz CT molecular complexity index is 261. The first-order valence-corrected chi connectivity index (χ1v) is 7.01. The Kier molecular flexibility index (Phi) is 5.41. The van der Waals surface area contributed by atoms with Gasteiger partial charge in [0.05, 0.1) is 13.5 Å². The number of carbonyl (C=O) groups is 1. The van der Waals surface area contributed by atoms with Crippen molar-refractivity contribution in [3.05, 3.63) is 0 Å². The van der Waals surface area contributed by atoms with Crippen molar-refractivity contribution in [2.24, 2.45) is 5.41 Å². The predicted octanol–water partition coefficient (Wildman–Crippen LogP) is 1.11. The summed E-state index contributed by atoms with van der Waals surface area (Å²) >= 11 is 0. The van der Waals surface area contributed by atoms with Crippen molar-refractivity contribution in [3.63, 3.8) is 0 Å². The van der Waals surface area contributed by atoms with Crippen LogP contribution in [-0.4, -0.2) is 42.5 Å². The van der Waals surface area contributed by atoms with Crippen LogP contribution in [0.5, 0.6) is 0 Å². The third kappa shape index (κ3) is 4.61. The average molecular weight is 248 g/mol. The molecule has 0 aromatic carbocycles. The second kappa shape index (κ2) is 6.35. The topological polar surface area (TPSA) is 52.6 Å². The summed E-state index contributed by atoms with van der Waals surface area (Å²) in [6.07, 6.45) is 3.23. The Morgan fingerprint density at radius 2 is 2.06 bits per heavy atom. The van der Waals surface area contributed by atoms with E-state index in [9.17, 15) is 9.00 Å². The van der Waals surface area contributed by atoms with Gasteiger partial charge in [0.1, 0.15) is 0 Å². The first-order valence-electron chi connectivity index (χ1n) is 5.53. The summed E-state index contributed by atoms with van der Waals surface area (Å²) < 4.78 is 21.3. The second-order valence-corrected chi connectivity index (χ2v) is 5.96. The third-order valence-electron chi connectivity index (χ3n) is 2.89.